The number of nitrogens with two attached hydrogens (primary N) is 1. The van der Waals surface area contributed by atoms with Crippen LogP contribution in [0.1, 0.15) is 11.1 Å². The lowest BCUT2D eigenvalue weighted by atomic mass is 10.1. The van der Waals surface area contributed by atoms with Gasteiger partial charge in [-0.05, 0) is 35.9 Å². The van der Waals surface area contributed by atoms with E-state index in [4.69, 9.17) is 20.4 Å². The number of ether oxygens (including phenoxy) is 1. The molecule has 3 heterocycles. The third-order valence-electron chi connectivity index (χ3n) is 5.30. The van der Waals surface area contributed by atoms with Crippen molar-refractivity contribution >= 4 is 47.3 Å². The Balaban J connectivity index is 0.00000102. The van der Waals surface area contributed by atoms with Crippen molar-refractivity contribution < 1.29 is 28.2 Å². The van der Waals surface area contributed by atoms with Crippen LogP contribution >= 0.6 is 0 Å². The van der Waals surface area contributed by atoms with Gasteiger partial charge >= 0.3 is 0 Å². The lowest BCUT2D eigenvalue weighted by Crippen LogP contribution is -2.34. The first-order chi connectivity index (χ1) is 17.8. The highest BCUT2D eigenvalue weighted by atomic mass is 19.1. The van der Waals surface area contributed by atoms with Crippen LogP contribution in [0.25, 0.3) is 11.6 Å². The predicted molar refractivity (Wildman–Crippen MR) is 133 cm³/mol. The Kier molecular flexibility index (Phi) is 7.19. The number of halogens is 2. The minimum absolute atomic E-state index is 0.104. The molecular weight excluding hydrogens is 486 g/mol. The van der Waals surface area contributed by atoms with E-state index in [-0.39, 0.29) is 17.8 Å². The number of primary amides is 1. The van der Waals surface area contributed by atoms with Crippen LogP contribution in [-0.2, 0) is 9.59 Å². The Bertz CT molecular complexity index is 1440. The number of nitrogens with one attached hydrogen (secondary N) is 1. The number of amidine groups is 1. The normalized spacial score (nSPS) is 13.2. The van der Waals surface area contributed by atoms with E-state index in [1.165, 1.54) is 6.07 Å². The molecule has 2 aliphatic heterocycles. The van der Waals surface area contributed by atoms with Crippen LogP contribution in [0.5, 0.6) is 5.75 Å². The predicted octanol–water partition coefficient (Wildman–Crippen LogP) is 3.35. The van der Waals surface area contributed by atoms with Gasteiger partial charge in [0.2, 0.25) is 11.9 Å². The summed E-state index contributed by atoms with van der Waals surface area (Å²) >= 11 is 0. The van der Waals surface area contributed by atoms with Gasteiger partial charge in [0.1, 0.15) is 11.6 Å². The lowest BCUT2D eigenvalue weighted by Gasteiger charge is -2.27. The first kappa shape index (κ1) is 25.0. The van der Waals surface area contributed by atoms with Gasteiger partial charge in [-0.25, -0.2) is 13.8 Å². The molecule has 0 fully saturated rings. The number of hydrogen-bond donors (Lipinski definition) is 3. The molecule has 0 radical (unpaired) electrons. The molecule has 5 rings (SSSR count). The molecule has 1 amide bonds. The van der Waals surface area contributed by atoms with E-state index >= 15 is 0 Å². The monoisotopic (exact) mass is 506 g/mol. The summed E-state index contributed by atoms with van der Waals surface area (Å²) in [6.07, 6.45) is 3.29. The van der Waals surface area contributed by atoms with Crippen LogP contribution in [-0.4, -0.2) is 46.4 Å². The second-order valence-electron chi connectivity index (χ2n) is 7.67. The van der Waals surface area contributed by atoms with Crippen molar-refractivity contribution in [3.8, 4) is 5.75 Å². The molecule has 1 aromatic heterocycles. The summed E-state index contributed by atoms with van der Waals surface area (Å²) in [6, 6.07) is 10.1. The molecule has 2 aliphatic rings. The van der Waals surface area contributed by atoms with Gasteiger partial charge in [-0.2, -0.15) is 4.98 Å². The summed E-state index contributed by atoms with van der Waals surface area (Å²) < 4.78 is 33.1. The van der Waals surface area contributed by atoms with Crippen molar-refractivity contribution in [1.29, 1.82) is 0 Å². The van der Waals surface area contributed by atoms with Gasteiger partial charge in [0.25, 0.3) is 6.47 Å². The maximum Gasteiger partial charge on any atom is 0.290 e. The zero-order valence-electron chi connectivity index (χ0n) is 19.2. The van der Waals surface area contributed by atoms with E-state index in [1.54, 1.807) is 36.5 Å². The fourth-order valence-electron chi connectivity index (χ4n) is 3.61. The standard InChI is InChI=1S/C24H18F2N6O2.CH2O2/c1-13(21(27)33)14-2-5-17(6-3-14)30-24-29-12-15-10-20(23-28-8-9-32(23)22(15)31-24)34-19-7-4-16(25)11-18(19)26;2-1-3/h2-7,10-12H,1,8-9H2,(H2,27,33)(H,29,30,31);1H,(H,2,3). The van der Waals surface area contributed by atoms with Crippen LogP contribution in [0.2, 0.25) is 0 Å². The third kappa shape index (κ3) is 5.42. The fraction of sp³-hybridized carbons (Fsp3) is 0.0800. The summed E-state index contributed by atoms with van der Waals surface area (Å²) in [5.41, 5.74) is 7.49. The molecule has 2 aromatic carbocycles. The van der Waals surface area contributed by atoms with Crippen LogP contribution in [0.3, 0.4) is 0 Å². The van der Waals surface area contributed by atoms with Gasteiger partial charge in [-0.3, -0.25) is 14.6 Å². The minimum Gasteiger partial charge on any atom is -0.483 e. The molecule has 0 saturated heterocycles. The zero-order chi connectivity index (χ0) is 26.5. The van der Waals surface area contributed by atoms with Crippen LogP contribution in [0, 0.1) is 11.6 Å². The highest BCUT2D eigenvalue weighted by Crippen LogP contribution is 2.33. The van der Waals surface area contributed by atoms with Crippen LogP contribution in [0.15, 0.2) is 66.0 Å². The summed E-state index contributed by atoms with van der Waals surface area (Å²) in [5, 5.41) is 10.0. The quantitative estimate of drug-likeness (QED) is 0.341. The van der Waals surface area contributed by atoms with E-state index in [1.807, 2.05) is 4.90 Å². The Morgan fingerprint density at radius 1 is 1.22 bits per heavy atom. The highest BCUT2D eigenvalue weighted by Gasteiger charge is 2.31. The molecule has 0 atom stereocenters. The first-order valence-corrected chi connectivity index (χ1v) is 10.8. The van der Waals surface area contributed by atoms with Gasteiger partial charge < -0.3 is 25.8 Å². The average molecular weight is 506 g/mol. The maximum absolute atomic E-state index is 14.1. The molecule has 0 aliphatic carbocycles. The number of hydrogen-bond acceptors (Lipinski definition) is 8. The smallest absolute Gasteiger partial charge is 0.290 e. The molecule has 0 spiro atoms. The maximum atomic E-state index is 14.1. The SMILES string of the molecule is C=C(C(N)=O)c1ccc(Nc2ncc3c(n2)N2CCN=C2C(Oc2ccc(F)cc2F)=C3)cc1.O=CO. The van der Waals surface area contributed by atoms with Crippen molar-refractivity contribution in [3.63, 3.8) is 0 Å². The number of carbonyl (C=O) groups is 2. The zero-order valence-corrected chi connectivity index (χ0v) is 19.2. The molecular formula is C25H20F2N6O4. The first-order valence-electron chi connectivity index (χ1n) is 10.8. The second-order valence-corrected chi connectivity index (χ2v) is 7.67. The Morgan fingerprint density at radius 2 is 1.95 bits per heavy atom. The van der Waals surface area contributed by atoms with Crippen molar-refractivity contribution in [2.45, 2.75) is 0 Å². The van der Waals surface area contributed by atoms with Crippen molar-refractivity contribution in [2.24, 2.45) is 10.7 Å². The number of anilines is 3. The van der Waals surface area contributed by atoms with E-state index in [9.17, 15) is 13.6 Å². The summed E-state index contributed by atoms with van der Waals surface area (Å²) in [5.74, 6) is -0.368. The van der Waals surface area contributed by atoms with Gasteiger partial charge in [0, 0.05) is 35.6 Å². The number of benzene rings is 2. The molecule has 0 bridgehead atoms. The number of aliphatic imine (C=N–C) groups is 1. The fourth-order valence-corrected chi connectivity index (χ4v) is 3.61. The molecule has 0 saturated carbocycles. The van der Waals surface area contributed by atoms with E-state index in [0.29, 0.717) is 53.3 Å². The van der Waals surface area contributed by atoms with Crippen molar-refractivity contribution in [2.75, 3.05) is 23.3 Å². The van der Waals surface area contributed by atoms with Crippen LogP contribution < -0.4 is 20.7 Å². The topological polar surface area (TPSA) is 143 Å². The Labute approximate surface area is 209 Å². The number of carboxylic acid groups (broad SMARTS) is 1. The Hall–Kier alpha value is -5.13. The molecule has 188 valence electrons. The molecule has 0 unspecified atom stereocenters. The molecule has 12 heteroatoms. The van der Waals surface area contributed by atoms with E-state index in [0.717, 1.165) is 12.1 Å². The third-order valence-corrected chi connectivity index (χ3v) is 5.30. The van der Waals surface area contributed by atoms with Crippen molar-refractivity contribution in [1.82, 2.24) is 9.97 Å². The summed E-state index contributed by atoms with van der Waals surface area (Å²) in [6.45, 7) is 4.50. The van der Waals surface area contributed by atoms with Gasteiger partial charge in [-0.1, -0.05) is 18.7 Å². The van der Waals surface area contributed by atoms with Gasteiger partial charge in [0.15, 0.2) is 23.2 Å². The van der Waals surface area contributed by atoms with E-state index in [2.05, 4.69) is 26.9 Å². The largest absolute Gasteiger partial charge is 0.483 e. The summed E-state index contributed by atoms with van der Waals surface area (Å²) in [7, 11) is 0. The Morgan fingerprint density at radius 3 is 2.62 bits per heavy atom. The van der Waals surface area contributed by atoms with Crippen molar-refractivity contribution in [3.05, 3.63) is 83.8 Å². The number of rotatable bonds is 6. The molecule has 3 aromatic rings. The number of fused-ring (bicyclic) bond motifs is 3. The molecule has 37 heavy (non-hydrogen) atoms. The molecule has 10 nitrogen and oxygen atoms in total. The van der Waals surface area contributed by atoms with Gasteiger partial charge in [0.05, 0.1) is 6.54 Å². The summed E-state index contributed by atoms with van der Waals surface area (Å²) in [4.78, 5) is 34.9. The lowest BCUT2D eigenvalue weighted by molar-refractivity contribution is -0.122. The highest BCUT2D eigenvalue weighted by molar-refractivity contribution is 6.18. The minimum atomic E-state index is -0.807. The number of amides is 1. The number of aromatic nitrogens is 2. The van der Waals surface area contributed by atoms with Gasteiger partial charge in [-0.15, -0.1) is 0 Å². The number of nitrogens with zero attached hydrogens (tertiary/aromatic N) is 4. The average Bonchev–Trinajstić information content (AvgIpc) is 3.37. The van der Waals surface area contributed by atoms with E-state index < -0.39 is 17.5 Å². The number of carbonyl (C=O) groups excluding carboxylic acids is 1. The van der Waals surface area contributed by atoms with Crippen LogP contribution in [0.4, 0.5) is 26.2 Å². The second kappa shape index (κ2) is 10.6. The molecule has 4 N–H and O–H groups in total.